The maximum Gasteiger partial charge on any atom is 0.191 e. The molecular weight excluding hydrogens is 152 g/mol. The number of hydrogen-bond donors (Lipinski definition) is 4. The van der Waals surface area contributed by atoms with Gasteiger partial charge in [0.05, 0.1) is 6.61 Å². The van der Waals surface area contributed by atoms with E-state index in [1.165, 1.54) is 6.92 Å². The Balaban J connectivity index is 2.67. The van der Waals surface area contributed by atoms with Crippen LogP contribution in [0.4, 0.5) is 0 Å². The van der Waals surface area contributed by atoms with E-state index in [4.69, 9.17) is 15.3 Å². The first-order valence-corrected chi connectivity index (χ1v) is 3.35. The van der Waals surface area contributed by atoms with E-state index >= 15 is 0 Å². The zero-order valence-electron chi connectivity index (χ0n) is 6.14. The third kappa shape index (κ3) is 1.52. The van der Waals surface area contributed by atoms with Crippen LogP contribution in [-0.4, -0.2) is 51.1 Å². The van der Waals surface area contributed by atoms with Crippen LogP contribution in [0.1, 0.15) is 6.92 Å². The largest absolute Gasteiger partial charge is 0.388 e. The molecule has 4 N–H and O–H groups in total. The molecule has 0 unspecified atom stereocenters. The van der Waals surface area contributed by atoms with Gasteiger partial charge in [0, 0.05) is 0 Å². The monoisotopic (exact) mass is 164 g/mol. The summed E-state index contributed by atoms with van der Waals surface area (Å²) in [5.74, 6) is -1.77. The van der Waals surface area contributed by atoms with Crippen LogP contribution in [0.5, 0.6) is 0 Å². The first kappa shape index (κ1) is 8.89. The standard InChI is InChI=1S/C6H12O5/c1-6(10)5(9)4(8)3(7)2-11-6/h3-5,7-10H,2H2,1H3/t3-,4-,5-,6-/m1/s1. The lowest BCUT2D eigenvalue weighted by molar-refractivity contribution is -0.312. The molecule has 0 saturated carbocycles. The molecule has 4 atom stereocenters. The normalized spacial score (nSPS) is 52.6. The second kappa shape index (κ2) is 2.69. The van der Waals surface area contributed by atoms with Gasteiger partial charge in [-0.3, -0.25) is 0 Å². The van der Waals surface area contributed by atoms with Gasteiger partial charge in [-0.15, -0.1) is 0 Å². The van der Waals surface area contributed by atoms with Crippen molar-refractivity contribution in [3.63, 3.8) is 0 Å². The Bertz CT molecular complexity index is 146. The highest BCUT2D eigenvalue weighted by molar-refractivity contribution is 4.88. The Kier molecular flexibility index (Phi) is 2.17. The Morgan fingerprint density at radius 2 is 1.91 bits per heavy atom. The molecule has 0 bridgehead atoms. The first-order chi connectivity index (χ1) is 4.95. The van der Waals surface area contributed by atoms with Crippen molar-refractivity contribution in [3.8, 4) is 0 Å². The molecule has 1 saturated heterocycles. The van der Waals surface area contributed by atoms with Crippen LogP contribution in [0.3, 0.4) is 0 Å². The SMILES string of the molecule is C[C@@]1(O)OC[C@@H](O)[C@@H](O)[C@H]1O. The predicted octanol–water partition coefficient (Wildman–Crippen LogP) is -2.19. The molecule has 0 aromatic rings. The summed E-state index contributed by atoms with van der Waals surface area (Å²) in [5.41, 5.74) is 0. The molecule has 1 fully saturated rings. The Morgan fingerprint density at radius 3 is 2.36 bits per heavy atom. The molecule has 0 aliphatic carbocycles. The number of aliphatic hydroxyl groups is 4. The van der Waals surface area contributed by atoms with Gasteiger partial charge in [-0.2, -0.15) is 0 Å². The van der Waals surface area contributed by atoms with Gasteiger partial charge in [0.2, 0.25) is 0 Å². The van der Waals surface area contributed by atoms with Gasteiger partial charge in [-0.05, 0) is 6.92 Å². The summed E-state index contributed by atoms with van der Waals surface area (Å²) in [4.78, 5) is 0. The predicted molar refractivity (Wildman–Crippen MR) is 34.6 cm³/mol. The highest BCUT2D eigenvalue weighted by atomic mass is 16.6. The fourth-order valence-electron chi connectivity index (χ4n) is 0.965. The molecule has 5 nitrogen and oxygen atoms in total. The van der Waals surface area contributed by atoms with Crippen molar-refractivity contribution in [3.05, 3.63) is 0 Å². The van der Waals surface area contributed by atoms with E-state index in [1.807, 2.05) is 0 Å². The Hall–Kier alpha value is -0.200. The maximum absolute atomic E-state index is 9.19. The zero-order chi connectivity index (χ0) is 8.65. The quantitative estimate of drug-likeness (QED) is 0.326. The van der Waals surface area contributed by atoms with Gasteiger partial charge in [-0.1, -0.05) is 0 Å². The number of rotatable bonds is 0. The summed E-state index contributed by atoms with van der Waals surface area (Å²) < 4.78 is 4.66. The van der Waals surface area contributed by atoms with Crippen molar-refractivity contribution >= 4 is 0 Å². The van der Waals surface area contributed by atoms with E-state index in [-0.39, 0.29) is 6.61 Å². The van der Waals surface area contributed by atoms with Crippen molar-refractivity contribution in [2.45, 2.75) is 31.0 Å². The Morgan fingerprint density at radius 1 is 1.36 bits per heavy atom. The molecule has 0 aromatic heterocycles. The molecule has 0 spiro atoms. The molecule has 5 heteroatoms. The number of aliphatic hydroxyl groups excluding tert-OH is 3. The van der Waals surface area contributed by atoms with Crippen LogP contribution in [-0.2, 0) is 4.74 Å². The first-order valence-electron chi connectivity index (χ1n) is 3.35. The van der Waals surface area contributed by atoms with Crippen LogP contribution in [0.2, 0.25) is 0 Å². The lowest BCUT2D eigenvalue weighted by atomic mass is 9.98. The lowest BCUT2D eigenvalue weighted by Crippen LogP contribution is -2.59. The summed E-state index contributed by atoms with van der Waals surface area (Å²) in [5, 5.41) is 36.3. The van der Waals surface area contributed by atoms with Crippen molar-refractivity contribution in [1.82, 2.24) is 0 Å². The van der Waals surface area contributed by atoms with Gasteiger partial charge in [0.1, 0.15) is 18.3 Å². The van der Waals surface area contributed by atoms with Crippen molar-refractivity contribution in [2.24, 2.45) is 0 Å². The zero-order valence-corrected chi connectivity index (χ0v) is 6.14. The van der Waals surface area contributed by atoms with E-state index in [2.05, 4.69) is 4.74 Å². The van der Waals surface area contributed by atoms with Crippen LogP contribution in [0.25, 0.3) is 0 Å². The van der Waals surface area contributed by atoms with E-state index < -0.39 is 24.1 Å². The third-order valence-electron chi connectivity index (χ3n) is 1.81. The highest BCUT2D eigenvalue weighted by Crippen LogP contribution is 2.22. The summed E-state index contributed by atoms with van der Waals surface area (Å²) in [6.07, 6.45) is -3.95. The topological polar surface area (TPSA) is 90.2 Å². The molecule has 1 aliphatic heterocycles. The van der Waals surface area contributed by atoms with Gasteiger partial charge >= 0.3 is 0 Å². The van der Waals surface area contributed by atoms with Crippen LogP contribution >= 0.6 is 0 Å². The summed E-state index contributed by atoms with van der Waals surface area (Å²) in [6.45, 7) is 1.05. The molecule has 11 heavy (non-hydrogen) atoms. The minimum Gasteiger partial charge on any atom is -0.388 e. The molecule has 66 valence electrons. The average Bonchev–Trinajstić information content (AvgIpc) is 1.95. The third-order valence-corrected chi connectivity index (χ3v) is 1.81. The highest BCUT2D eigenvalue weighted by Gasteiger charge is 2.44. The fraction of sp³-hybridized carbons (Fsp3) is 1.00. The van der Waals surface area contributed by atoms with Crippen molar-refractivity contribution in [2.75, 3.05) is 6.61 Å². The second-order valence-corrected chi connectivity index (χ2v) is 2.87. The Labute approximate surface area is 63.8 Å². The van der Waals surface area contributed by atoms with E-state index in [9.17, 15) is 5.11 Å². The van der Waals surface area contributed by atoms with E-state index in [0.29, 0.717) is 0 Å². The van der Waals surface area contributed by atoms with E-state index in [0.717, 1.165) is 0 Å². The van der Waals surface area contributed by atoms with Crippen LogP contribution in [0, 0.1) is 0 Å². The molecule has 1 rings (SSSR count). The summed E-state index contributed by atoms with van der Waals surface area (Å²) in [7, 11) is 0. The minimum atomic E-state index is -1.77. The van der Waals surface area contributed by atoms with Gasteiger partial charge in [0.25, 0.3) is 0 Å². The number of hydrogen-bond acceptors (Lipinski definition) is 5. The fourth-order valence-corrected chi connectivity index (χ4v) is 0.965. The van der Waals surface area contributed by atoms with E-state index in [1.54, 1.807) is 0 Å². The average molecular weight is 164 g/mol. The molecule has 1 aliphatic rings. The second-order valence-electron chi connectivity index (χ2n) is 2.87. The maximum atomic E-state index is 9.19. The van der Waals surface area contributed by atoms with Crippen LogP contribution < -0.4 is 0 Å². The minimum absolute atomic E-state index is 0.175. The summed E-state index contributed by atoms with van der Waals surface area (Å²) in [6, 6.07) is 0. The van der Waals surface area contributed by atoms with Crippen molar-refractivity contribution in [1.29, 1.82) is 0 Å². The molecule has 1 heterocycles. The summed E-state index contributed by atoms with van der Waals surface area (Å²) >= 11 is 0. The molecule has 0 amide bonds. The van der Waals surface area contributed by atoms with Gasteiger partial charge in [-0.25, -0.2) is 0 Å². The lowest BCUT2D eigenvalue weighted by Gasteiger charge is -2.39. The van der Waals surface area contributed by atoms with Gasteiger partial charge in [0.15, 0.2) is 5.79 Å². The van der Waals surface area contributed by atoms with Gasteiger partial charge < -0.3 is 25.2 Å². The van der Waals surface area contributed by atoms with Crippen LogP contribution in [0.15, 0.2) is 0 Å². The molecular formula is C6H12O5. The molecule has 0 aromatic carbocycles. The number of ether oxygens (including phenoxy) is 1. The molecule has 0 radical (unpaired) electrons. The van der Waals surface area contributed by atoms with Crippen molar-refractivity contribution < 1.29 is 25.2 Å². The smallest absolute Gasteiger partial charge is 0.191 e.